The van der Waals surface area contributed by atoms with Gasteiger partial charge in [-0.1, -0.05) is 24.3 Å². The molecule has 0 aliphatic carbocycles. The molecular formula is C17H16N2O3S. The molecule has 1 saturated heterocycles. The number of hydrogen-bond acceptors (Lipinski definition) is 5. The van der Waals surface area contributed by atoms with Crippen LogP contribution in [0.4, 0.5) is 16.2 Å². The fourth-order valence-electron chi connectivity index (χ4n) is 2.41. The average molecular weight is 328 g/mol. The van der Waals surface area contributed by atoms with Gasteiger partial charge in [-0.3, -0.25) is 9.59 Å². The fraction of sp³-hybridized carbons (Fsp3) is 0.176. The highest BCUT2D eigenvalue weighted by molar-refractivity contribution is 8.16. The SMILES string of the molecule is COc1ccccc1N[C@@H]1SC(=O)N(c2cccc(C)c2)C1=O. The van der Waals surface area contributed by atoms with Crippen molar-refractivity contribution in [2.24, 2.45) is 0 Å². The maximum atomic E-state index is 12.6. The third-order valence-corrected chi connectivity index (χ3v) is 4.44. The normalized spacial score (nSPS) is 17.5. The van der Waals surface area contributed by atoms with Crippen molar-refractivity contribution in [3.05, 3.63) is 54.1 Å². The molecule has 118 valence electrons. The van der Waals surface area contributed by atoms with Gasteiger partial charge in [0.15, 0.2) is 5.37 Å². The van der Waals surface area contributed by atoms with E-state index < -0.39 is 5.37 Å². The number of benzene rings is 2. The zero-order valence-electron chi connectivity index (χ0n) is 12.8. The molecule has 1 heterocycles. The molecule has 0 saturated carbocycles. The predicted octanol–water partition coefficient (Wildman–Crippen LogP) is 3.64. The summed E-state index contributed by atoms with van der Waals surface area (Å²) in [6.07, 6.45) is 0. The van der Waals surface area contributed by atoms with Crippen molar-refractivity contribution in [2.75, 3.05) is 17.3 Å². The van der Waals surface area contributed by atoms with Gasteiger partial charge in [-0.15, -0.1) is 0 Å². The minimum atomic E-state index is -0.667. The van der Waals surface area contributed by atoms with E-state index in [9.17, 15) is 9.59 Å². The van der Waals surface area contributed by atoms with Gasteiger partial charge in [-0.05, 0) is 48.5 Å². The summed E-state index contributed by atoms with van der Waals surface area (Å²) in [4.78, 5) is 26.1. The molecule has 0 radical (unpaired) electrons. The molecule has 2 aromatic rings. The highest BCUT2D eigenvalue weighted by atomic mass is 32.2. The Morgan fingerprint density at radius 3 is 2.65 bits per heavy atom. The molecule has 0 spiro atoms. The van der Waals surface area contributed by atoms with E-state index in [4.69, 9.17) is 4.74 Å². The van der Waals surface area contributed by atoms with Gasteiger partial charge in [0.1, 0.15) is 5.75 Å². The quantitative estimate of drug-likeness (QED) is 0.928. The van der Waals surface area contributed by atoms with E-state index in [2.05, 4.69) is 5.32 Å². The fourth-order valence-corrected chi connectivity index (χ4v) is 3.30. The second-order valence-corrected chi connectivity index (χ2v) is 6.18. The number of anilines is 2. The van der Waals surface area contributed by atoms with Crippen molar-refractivity contribution in [1.29, 1.82) is 0 Å². The molecule has 1 aliphatic rings. The van der Waals surface area contributed by atoms with Crippen LogP contribution in [0.5, 0.6) is 5.75 Å². The van der Waals surface area contributed by atoms with Gasteiger partial charge in [0, 0.05) is 0 Å². The lowest BCUT2D eigenvalue weighted by atomic mass is 10.2. The zero-order chi connectivity index (χ0) is 16.4. The van der Waals surface area contributed by atoms with Crippen LogP contribution in [-0.4, -0.2) is 23.6 Å². The number of carbonyl (C=O) groups is 2. The Hall–Kier alpha value is -2.47. The van der Waals surface area contributed by atoms with Gasteiger partial charge in [0.25, 0.3) is 11.1 Å². The summed E-state index contributed by atoms with van der Waals surface area (Å²) in [6.45, 7) is 1.92. The molecule has 0 aromatic heterocycles. The summed E-state index contributed by atoms with van der Waals surface area (Å²) in [5, 5.41) is 2.13. The first-order chi connectivity index (χ1) is 11.1. The Kier molecular flexibility index (Phi) is 4.25. The average Bonchev–Trinajstić information content (AvgIpc) is 2.82. The number of rotatable bonds is 4. The monoisotopic (exact) mass is 328 g/mol. The Morgan fingerprint density at radius 2 is 1.91 bits per heavy atom. The van der Waals surface area contributed by atoms with Crippen LogP contribution in [0.25, 0.3) is 0 Å². The number of nitrogens with one attached hydrogen (secondary N) is 1. The van der Waals surface area contributed by atoms with Crippen molar-refractivity contribution in [3.63, 3.8) is 0 Å². The van der Waals surface area contributed by atoms with E-state index in [0.717, 1.165) is 17.3 Å². The van der Waals surface area contributed by atoms with Gasteiger partial charge in [-0.2, -0.15) is 0 Å². The maximum Gasteiger partial charge on any atom is 0.295 e. The first-order valence-electron chi connectivity index (χ1n) is 7.11. The Morgan fingerprint density at radius 1 is 1.13 bits per heavy atom. The molecule has 0 bridgehead atoms. The highest BCUT2D eigenvalue weighted by Gasteiger charge is 2.41. The highest BCUT2D eigenvalue weighted by Crippen LogP contribution is 2.34. The molecule has 0 unspecified atom stereocenters. The Balaban J connectivity index is 1.84. The largest absolute Gasteiger partial charge is 0.495 e. The molecule has 3 rings (SSSR count). The topological polar surface area (TPSA) is 58.6 Å². The standard InChI is InChI=1S/C17H16N2O3S/c1-11-6-5-7-12(10-11)19-16(20)15(23-17(19)21)18-13-8-3-4-9-14(13)22-2/h3-10,15,18H,1-2H3/t15-/m1/s1. The summed E-state index contributed by atoms with van der Waals surface area (Å²) in [5.41, 5.74) is 2.27. The van der Waals surface area contributed by atoms with Crippen LogP contribution in [0.3, 0.4) is 0 Å². The lowest BCUT2D eigenvalue weighted by Gasteiger charge is -2.16. The summed E-state index contributed by atoms with van der Waals surface area (Å²) < 4.78 is 5.26. The number of carbonyl (C=O) groups excluding carboxylic acids is 2. The summed E-state index contributed by atoms with van der Waals surface area (Å²) in [6, 6.07) is 14.6. The molecular weight excluding hydrogens is 312 g/mol. The molecule has 1 aliphatic heterocycles. The van der Waals surface area contributed by atoms with Gasteiger partial charge < -0.3 is 10.1 Å². The van der Waals surface area contributed by atoms with Crippen molar-refractivity contribution in [2.45, 2.75) is 12.3 Å². The Bertz CT molecular complexity index is 763. The molecule has 6 heteroatoms. The van der Waals surface area contributed by atoms with Gasteiger partial charge in [0.2, 0.25) is 0 Å². The van der Waals surface area contributed by atoms with E-state index in [-0.39, 0.29) is 11.1 Å². The van der Waals surface area contributed by atoms with Crippen LogP contribution >= 0.6 is 11.8 Å². The van der Waals surface area contributed by atoms with Gasteiger partial charge >= 0.3 is 0 Å². The van der Waals surface area contributed by atoms with Crippen molar-refractivity contribution in [3.8, 4) is 5.75 Å². The van der Waals surface area contributed by atoms with Gasteiger partial charge in [-0.25, -0.2) is 4.90 Å². The number of amides is 2. The van der Waals surface area contributed by atoms with E-state index in [1.807, 2.05) is 43.3 Å². The zero-order valence-corrected chi connectivity index (χ0v) is 13.6. The van der Waals surface area contributed by atoms with E-state index >= 15 is 0 Å². The van der Waals surface area contributed by atoms with E-state index in [1.54, 1.807) is 19.2 Å². The number of methoxy groups -OCH3 is 1. The molecule has 5 nitrogen and oxygen atoms in total. The molecule has 2 aromatic carbocycles. The molecule has 2 amide bonds. The smallest absolute Gasteiger partial charge is 0.295 e. The van der Waals surface area contributed by atoms with Crippen LogP contribution in [0.15, 0.2) is 48.5 Å². The molecule has 1 atom stereocenters. The number of nitrogens with zero attached hydrogens (tertiary/aromatic N) is 1. The number of hydrogen-bond donors (Lipinski definition) is 1. The van der Waals surface area contributed by atoms with E-state index in [1.165, 1.54) is 4.90 Å². The molecule has 23 heavy (non-hydrogen) atoms. The second kappa shape index (κ2) is 6.34. The third-order valence-electron chi connectivity index (χ3n) is 3.50. The Labute approximate surface area is 138 Å². The number of thioether (sulfide) groups is 1. The van der Waals surface area contributed by atoms with Crippen LogP contribution < -0.4 is 15.0 Å². The summed E-state index contributed by atoms with van der Waals surface area (Å²) in [7, 11) is 1.56. The first-order valence-corrected chi connectivity index (χ1v) is 7.99. The number of ether oxygens (including phenoxy) is 1. The van der Waals surface area contributed by atoms with Crippen molar-refractivity contribution in [1.82, 2.24) is 0 Å². The van der Waals surface area contributed by atoms with Crippen LogP contribution in [0.1, 0.15) is 5.56 Å². The minimum absolute atomic E-state index is 0.281. The second-order valence-electron chi connectivity index (χ2n) is 5.12. The molecule has 1 fully saturated rings. The van der Waals surface area contributed by atoms with Crippen LogP contribution in [0.2, 0.25) is 0 Å². The summed E-state index contributed by atoms with van der Waals surface area (Å²) in [5.74, 6) is 0.346. The third kappa shape index (κ3) is 3.03. The number of aryl methyl sites for hydroxylation is 1. The predicted molar refractivity (Wildman–Crippen MR) is 92.1 cm³/mol. The first kappa shape index (κ1) is 15.4. The number of para-hydroxylation sites is 2. The minimum Gasteiger partial charge on any atom is -0.495 e. The van der Waals surface area contributed by atoms with Crippen LogP contribution in [0, 0.1) is 6.92 Å². The van der Waals surface area contributed by atoms with Crippen molar-refractivity contribution < 1.29 is 14.3 Å². The van der Waals surface area contributed by atoms with Crippen molar-refractivity contribution >= 4 is 34.3 Å². The lowest BCUT2D eigenvalue weighted by Crippen LogP contribution is -2.34. The lowest BCUT2D eigenvalue weighted by molar-refractivity contribution is -0.116. The number of imide groups is 1. The van der Waals surface area contributed by atoms with Crippen LogP contribution in [-0.2, 0) is 4.79 Å². The van der Waals surface area contributed by atoms with Gasteiger partial charge in [0.05, 0.1) is 18.5 Å². The maximum absolute atomic E-state index is 12.6. The van der Waals surface area contributed by atoms with E-state index in [0.29, 0.717) is 17.1 Å². The summed E-state index contributed by atoms with van der Waals surface area (Å²) >= 11 is 0.967. The molecule has 1 N–H and O–H groups in total.